The van der Waals surface area contributed by atoms with E-state index in [1.807, 2.05) is 20.8 Å². The number of hydrogen-bond acceptors (Lipinski definition) is 4. The number of carbonyl (C=O) groups excluding carboxylic acids is 2. The fraction of sp³-hybridized carbons (Fsp3) is 0.467. The second kappa shape index (κ2) is 7.75. The van der Waals surface area contributed by atoms with E-state index in [2.05, 4.69) is 16.0 Å². The Balaban J connectivity index is 2.51. The van der Waals surface area contributed by atoms with Crippen molar-refractivity contribution in [2.45, 2.75) is 26.3 Å². The number of aliphatic hydroxyl groups is 1. The second-order valence-electron chi connectivity index (χ2n) is 5.71. The van der Waals surface area contributed by atoms with E-state index >= 15 is 0 Å². The molecule has 0 saturated heterocycles. The molecule has 0 fully saturated rings. The van der Waals surface area contributed by atoms with E-state index in [1.54, 1.807) is 24.3 Å². The van der Waals surface area contributed by atoms with Gasteiger partial charge in [-0.25, -0.2) is 0 Å². The van der Waals surface area contributed by atoms with E-state index in [1.165, 1.54) is 0 Å². The number of nitrogens with one attached hydrogen (secondary N) is 3. The first-order chi connectivity index (χ1) is 9.81. The predicted molar refractivity (Wildman–Crippen MR) is 82.2 cm³/mol. The van der Waals surface area contributed by atoms with E-state index in [0.29, 0.717) is 11.3 Å². The topological polar surface area (TPSA) is 90.5 Å². The quantitative estimate of drug-likeness (QED) is 0.622. The molecule has 1 aromatic rings. The number of carbonyl (C=O) groups is 2. The molecule has 0 bridgehead atoms. The van der Waals surface area contributed by atoms with Gasteiger partial charge in [0.25, 0.3) is 5.91 Å². The van der Waals surface area contributed by atoms with E-state index in [-0.39, 0.29) is 37.0 Å². The summed E-state index contributed by atoms with van der Waals surface area (Å²) in [6.45, 7) is 6.30. The van der Waals surface area contributed by atoms with Crippen LogP contribution in [-0.4, -0.2) is 42.2 Å². The molecule has 1 rings (SSSR count). The highest BCUT2D eigenvalue weighted by molar-refractivity contribution is 5.96. The van der Waals surface area contributed by atoms with Crippen molar-refractivity contribution in [3.8, 4) is 0 Å². The summed E-state index contributed by atoms with van der Waals surface area (Å²) in [6, 6.07) is 6.59. The summed E-state index contributed by atoms with van der Waals surface area (Å²) in [5, 5.41) is 17.0. The van der Waals surface area contributed by atoms with Crippen LogP contribution in [0.5, 0.6) is 0 Å². The third-order valence-electron chi connectivity index (χ3n) is 2.61. The van der Waals surface area contributed by atoms with Gasteiger partial charge in [0.2, 0.25) is 5.91 Å². The lowest BCUT2D eigenvalue weighted by Crippen LogP contribution is -2.41. The first kappa shape index (κ1) is 17.1. The lowest BCUT2D eigenvalue weighted by Gasteiger charge is -2.20. The van der Waals surface area contributed by atoms with Crippen molar-refractivity contribution in [1.29, 1.82) is 0 Å². The summed E-state index contributed by atoms with van der Waals surface area (Å²) in [5.74, 6) is -0.390. The molecule has 0 spiro atoms. The fourth-order valence-electron chi connectivity index (χ4n) is 1.53. The van der Waals surface area contributed by atoms with Crippen LogP contribution in [0.4, 0.5) is 5.69 Å². The molecule has 4 N–H and O–H groups in total. The first-order valence-electron chi connectivity index (χ1n) is 6.86. The standard InChI is InChI=1S/C15H23N3O3/c1-15(2,3)17-10-13(20)18-12-6-4-11(5-7-12)14(21)16-8-9-19/h4-7,17,19H,8-10H2,1-3H3,(H,16,21)(H,18,20). The zero-order chi connectivity index (χ0) is 15.9. The van der Waals surface area contributed by atoms with Crippen molar-refractivity contribution in [2.75, 3.05) is 25.0 Å². The number of aliphatic hydroxyl groups excluding tert-OH is 1. The molecule has 21 heavy (non-hydrogen) atoms. The summed E-state index contributed by atoms with van der Waals surface area (Å²) in [6.07, 6.45) is 0. The summed E-state index contributed by atoms with van der Waals surface area (Å²) in [7, 11) is 0. The van der Waals surface area contributed by atoms with Gasteiger partial charge in [0, 0.05) is 23.3 Å². The Kier molecular flexibility index (Phi) is 6.33. The van der Waals surface area contributed by atoms with Gasteiger partial charge in [0.05, 0.1) is 13.2 Å². The second-order valence-corrected chi connectivity index (χ2v) is 5.71. The Labute approximate surface area is 124 Å². The minimum absolute atomic E-state index is 0.0966. The van der Waals surface area contributed by atoms with Gasteiger partial charge >= 0.3 is 0 Å². The van der Waals surface area contributed by atoms with Gasteiger partial charge in [-0.15, -0.1) is 0 Å². The van der Waals surface area contributed by atoms with Gasteiger partial charge in [-0.1, -0.05) is 0 Å². The van der Waals surface area contributed by atoms with E-state index in [0.717, 1.165) is 0 Å². The highest BCUT2D eigenvalue weighted by atomic mass is 16.3. The molecular formula is C15H23N3O3. The molecule has 0 radical (unpaired) electrons. The van der Waals surface area contributed by atoms with Crippen LogP contribution in [0.3, 0.4) is 0 Å². The van der Waals surface area contributed by atoms with Crippen molar-refractivity contribution < 1.29 is 14.7 Å². The molecule has 0 aliphatic rings. The Morgan fingerprint density at radius 3 is 2.29 bits per heavy atom. The monoisotopic (exact) mass is 293 g/mol. The molecule has 0 aliphatic carbocycles. The van der Waals surface area contributed by atoms with Crippen LogP contribution in [0.15, 0.2) is 24.3 Å². The highest BCUT2D eigenvalue weighted by Gasteiger charge is 2.11. The zero-order valence-corrected chi connectivity index (χ0v) is 12.7. The number of hydrogen-bond donors (Lipinski definition) is 4. The minimum Gasteiger partial charge on any atom is -0.395 e. The Bertz CT molecular complexity index is 478. The van der Waals surface area contributed by atoms with Crippen LogP contribution in [0.1, 0.15) is 31.1 Å². The van der Waals surface area contributed by atoms with Gasteiger partial charge in [-0.05, 0) is 45.0 Å². The highest BCUT2D eigenvalue weighted by Crippen LogP contribution is 2.09. The third-order valence-corrected chi connectivity index (χ3v) is 2.61. The van der Waals surface area contributed by atoms with E-state index < -0.39 is 0 Å². The van der Waals surface area contributed by atoms with Crippen LogP contribution in [0.25, 0.3) is 0 Å². The molecule has 0 aliphatic heterocycles. The van der Waals surface area contributed by atoms with Gasteiger partial charge < -0.3 is 21.1 Å². The predicted octanol–water partition coefficient (Wildman–Crippen LogP) is 0.735. The van der Waals surface area contributed by atoms with Crippen molar-refractivity contribution >= 4 is 17.5 Å². The van der Waals surface area contributed by atoms with Crippen LogP contribution < -0.4 is 16.0 Å². The molecule has 1 aromatic carbocycles. The lowest BCUT2D eigenvalue weighted by atomic mass is 10.1. The van der Waals surface area contributed by atoms with Crippen molar-refractivity contribution in [2.24, 2.45) is 0 Å². The first-order valence-corrected chi connectivity index (χ1v) is 6.86. The minimum atomic E-state index is -0.253. The Morgan fingerprint density at radius 1 is 1.14 bits per heavy atom. The maximum absolute atomic E-state index is 11.7. The Hall–Kier alpha value is -1.92. The smallest absolute Gasteiger partial charge is 0.251 e. The number of anilines is 1. The molecule has 0 atom stereocenters. The fourth-order valence-corrected chi connectivity index (χ4v) is 1.53. The maximum atomic E-state index is 11.7. The molecule has 2 amide bonds. The molecular weight excluding hydrogens is 270 g/mol. The SMILES string of the molecule is CC(C)(C)NCC(=O)Nc1ccc(C(=O)NCCO)cc1. The summed E-state index contributed by atoms with van der Waals surface area (Å²) in [5.41, 5.74) is 0.995. The largest absolute Gasteiger partial charge is 0.395 e. The van der Waals surface area contributed by atoms with Crippen molar-refractivity contribution in [1.82, 2.24) is 10.6 Å². The molecule has 0 heterocycles. The van der Waals surface area contributed by atoms with Gasteiger partial charge in [-0.2, -0.15) is 0 Å². The van der Waals surface area contributed by atoms with Gasteiger partial charge in [-0.3, -0.25) is 9.59 Å². The molecule has 116 valence electrons. The van der Waals surface area contributed by atoms with Crippen LogP contribution in [-0.2, 0) is 4.79 Å². The van der Waals surface area contributed by atoms with Crippen LogP contribution >= 0.6 is 0 Å². The normalized spacial score (nSPS) is 11.0. The molecule has 0 unspecified atom stereocenters. The summed E-state index contributed by atoms with van der Waals surface area (Å²) in [4.78, 5) is 23.4. The maximum Gasteiger partial charge on any atom is 0.251 e. The number of rotatable bonds is 6. The van der Waals surface area contributed by atoms with Gasteiger partial charge in [0.15, 0.2) is 0 Å². The van der Waals surface area contributed by atoms with Crippen LogP contribution in [0, 0.1) is 0 Å². The summed E-state index contributed by atoms with van der Waals surface area (Å²) >= 11 is 0. The number of amides is 2. The van der Waals surface area contributed by atoms with Crippen LogP contribution in [0.2, 0.25) is 0 Å². The lowest BCUT2D eigenvalue weighted by molar-refractivity contribution is -0.115. The zero-order valence-electron chi connectivity index (χ0n) is 12.7. The average Bonchev–Trinajstić information content (AvgIpc) is 2.42. The number of benzene rings is 1. The van der Waals surface area contributed by atoms with Gasteiger partial charge in [0.1, 0.15) is 0 Å². The van der Waals surface area contributed by atoms with E-state index in [4.69, 9.17) is 5.11 Å². The van der Waals surface area contributed by atoms with E-state index in [9.17, 15) is 9.59 Å². The molecule has 6 nitrogen and oxygen atoms in total. The third kappa shape index (κ3) is 6.87. The molecule has 0 aromatic heterocycles. The van der Waals surface area contributed by atoms with Crippen molar-refractivity contribution in [3.05, 3.63) is 29.8 Å². The average molecular weight is 293 g/mol. The Morgan fingerprint density at radius 2 is 1.76 bits per heavy atom. The molecule has 6 heteroatoms. The molecule has 0 saturated carbocycles. The summed E-state index contributed by atoms with van der Waals surface area (Å²) < 4.78 is 0. The van der Waals surface area contributed by atoms with Crippen molar-refractivity contribution in [3.63, 3.8) is 0 Å².